The van der Waals surface area contributed by atoms with Crippen LogP contribution in [0, 0.1) is 17.8 Å². The van der Waals surface area contributed by atoms with Crippen LogP contribution in [0.25, 0.3) is 33.6 Å². The molecule has 14 nitrogen and oxygen atoms in total. The maximum absolute atomic E-state index is 14.0. The van der Waals surface area contributed by atoms with Crippen molar-refractivity contribution in [2.24, 2.45) is 17.8 Å². The number of nitrogens with one attached hydrogen (secondary N) is 4. The van der Waals surface area contributed by atoms with E-state index in [2.05, 4.69) is 70.8 Å². The van der Waals surface area contributed by atoms with Gasteiger partial charge in [-0.05, 0) is 95.9 Å². The number of ether oxygens (including phenoxy) is 2. The van der Waals surface area contributed by atoms with Crippen molar-refractivity contribution in [1.29, 1.82) is 0 Å². The smallest absolute Gasteiger partial charge is 0.407 e. The lowest BCUT2D eigenvalue weighted by Crippen LogP contribution is -2.53. The third-order valence-corrected chi connectivity index (χ3v) is 12.0. The number of aryl methyl sites for hydroxylation is 2. The fourth-order valence-electron chi connectivity index (χ4n) is 8.53. The van der Waals surface area contributed by atoms with E-state index >= 15 is 0 Å². The molecule has 1 saturated heterocycles. The van der Waals surface area contributed by atoms with Gasteiger partial charge in [-0.2, -0.15) is 0 Å². The molecule has 0 unspecified atom stereocenters. The average Bonchev–Trinajstić information content (AvgIpc) is 4.04. The molecule has 0 bridgehead atoms. The number of fused-ring (bicyclic) bond motifs is 3. The number of alkyl carbamates (subject to hydrolysis) is 2. The molecule has 5 atom stereocenters. The molecule has 59 heavy (non-hydrogen) atoms. The number of carbonyl (C=O) groups is 4. The summed E-state index contributed by atoms with van der Waals surface area (Å²) < 4.78 is 9.61. The molecule has 0 saturated carbocycles. The number of amides is 4. The van der Waals surface area contributed by atoms with Crippen LogP contribution < -0.4 is 10.6 Å². The van der Waals surface area contributed by atoms with Gasteiger partial charge in [0.15, 0.2) is 0 Å². The Morgan fingerprint density at radius 1 is 0.814 bits per heavy atom. The zero-order valence-corrected chi connectivity index (χ0v) is 35.8. The fourth-order valence-corrected chi connectivity index (χ4v) is 8.53. The van der Waals surface area contributed by atoms with Crippen molar-refractivity contribution in [1.82, 2.24) is 40.4 Å². The lowest BCUT2D eigenvalue weighted by Gasteiger charge is -2.36. The number of likely N-dealkylation sites (tertiary alicyclic amines) is 1. The predicted molar refractivity (Wildman–Crippen MR) is 226 cm³/mol. The van der Waals surface area contributed by atoms with Crippen molar-refractivity contribution in [3.63, 3.8) is 0 Å². The normalized spacial score (nSPS) is 16.8. The number of carbonyl (C=O) groups excluding carboxylic acids is 4. The molecule has 0 radical (unpaired) electrons. The largest absolute Gasteiger partial charge is 0.453 e. The lowest BCUT2D eigenvalue weighted by atomic mass is 9.83. The zero-order valence-electron chi connectivity index (χ0n) is 35.8. The number of hydrogen-bond donors (Lipinski definition) is 4. The van der Waals surface area contributed by atoms with E-state index in [9.17, 15) is 19.2 Å². The van der Waals surface area contributed by atoms with Crippen LogP contribution >= 0.6 is 0 Å². The Morgan fingerprint density at radius 2 is 1.37 bits per heavy atom. The number of nitrogens with zero attached hydrogens (tertiary/aromatic N) is 4. The SMILES string of the molecule is CC[C@H](C)[C@@H](c1ncc(-c2ccc3c(c2)CCc2cc(-c4cnc([C@@H]5CCCN5C(=O)[C@@H](NC(=O)OC)C(C)C)[nH]4)ccc2-3)[nH]1)N(CC)C(=O)[C@@H](NC(=O)OC)C(C)C. The van der Waals surface area contributed by atoms with Crippen LogP contribution in [0.1, 0.15) is 103 Å². The van der Waals surface area contributed by atoms with Gasteiger partial charge in [-0.1, -0.05) is 72.2 Å². The summed E-state index contributed by atoms with van der Waals surface area (Å²) in [6.45, 7) is 14.9. The highest BCUT2D eigenvalue weighted by atomic mass is 16.5. The molecule has 316 valence electrons. The lowest BCUT2D eigenvalue weighted by molar-refractivity contribution is -0.138. The first kappa shape index (κ1) is 42.9. The second-order valence-electron chi connectivity index (χ2n) is 16.5. The molecule has 0 spiro atoms. The summed E-state index contributed by atoms with van der Waals surface area (Å²) in [6.07, 6.45) is 6.66. The summed E-state index contributed by atoms with van der Waals surface area (Å²) in [4.78, 5) is 72.1. The first-order chi connectivity index (χ1) is 28.3. The molecule has 4 N–H and O–H groups in total. The number of aromatic amines is 2. The van der Waals surface area contributed by atoms with Crippen molar-refractivity contribution >= 4 is 24.0 Å². The van der Waals surface area contributed by atoms with Crippen molar-refractivity contribution in [2.45, 2.75) is 105 Å². The summed E-state index contributed by atoms with van der Waals surface area (Å²) in [6, 6.07) is 11.1. The number of likely N-dealkylation sites (N-methyl/N-ethyl adjacent to an activating group) is 1. The summed E-state index contributed by atoms with van der Waals surface area (Å²) in [5.41, 5.74) is 8.75. The minimum Gasteiger partial charge on any atom is -0.453 e. The molecular weight excluding hydrogens is 749 g/mol. The Bertz CT molecular complexity index is 2140. The molecule has 1 aliphatic carbocycles. The zero-order chi connectivity index (χ0) is 42.5. The van der Waals surface area contributed by atoms with Gasteiger partial charge in [-0.15, -0.1) is 0 Å². The maximum atomic E-state index is 14.0. The number of benzene rings is 2. The number of rotatable bonds is 14. The van der Waals surface area contributed by atoms with Crippen molar-refractivity contribution < 1.29 is 28.7 Å². The minimum atomic E-state index is -0.734. The third kappa shape index (κ3) is 9.01. The van der Waals surface area contributed by atoms with Gasteiger partial charge >= 0.3 is 12.2 Å². The van der Waals surface area contributed by atoms with Crippen LogP contribution in [0.3, 0.4) is 0 Å². The molecular formula is C45H60N8O6. The third-order valence-electron chi connectivity index (χ3n) is 12.0. The quantitative estimate of drug-likeness (QED) is 0.101. The van der Waals surface area contributed by atoms with Gasteiger partial charge in [0.1, 0.15) is 23.7 Å². The Labute approximate surface area is 347 Å². The van der Waals surface area contributed by atoms with Gasteiger partial charge < -0.3 is 39.9 Å². The summed E-state index contributed by atoms with van der Waals surface area (Å²) in [7, 11) is 2.59. The van der Waals surface area contributed by atoms with Crippen molar-refractivity contribution in [3.05, 3.63) is 71.6 Å². The number of methoxy groups -OCH3 is 2. The van der Waals surface area contributed by atoms with E-state index in [-0.39, 0.29) is 41.7 Å². The number of aromatic nitrogens is 4. The Kier molecular flexibility index (Phi) is 13.5. The van der Waals surface area contributed by atoms with Gasteiger partial charge in [0.25, 0.3) is 0 Å². The van der Waals surface area contributed by atoms with Gasteiger partial charge in [-0.3, -0.25) is 9.59 Å². The molecule has 4 amide bonds. The second kappa shape index (κ2) is 18.5. The highest BCUT2D eigenvalue weighted by molar-refractivity contribution is 5.87. The fraction of sp³-hybridized carbons (Fsp3) is 0.511. The average molecular weight is 809 g/mol. The second-order valence-corrected chi connectivity index (χ2v) is 16.5. The van der Waals surface area contributed by atoms with Gasteiger partial charge in [0.2, 0.25) is 11.8 Å². The van der Waals surface area contributed by atoms with Gasteiger partial charge in [-0.25, -0.2) is 19.6 Å². The maximum Gasteiger partial charge on any atom is 0.407 e. The van der Waals surface area contributed by atoms with Crippen LogP contribution in [0.5, 0.6) is 0 Å². The summed E-state index contributed by atoms with van der Waals surface area (Å²) in [5.74, 6) is 1.01. The van der Waals surface area contributed by atoms with Crippen LogP contribution in [-0.2, 0) is 31.9 Å². The summed E-state index contributed by atoms with van der Waals surface area (Å²) in [5, 5.41) is 5.45. The van der Waals surface area contributed by atoms with Crippen LogP contribution in [0.2, 0.25) is 0 Å². The van der Waals surface area contributed by atoms with E-state index < -0.39 is 24.3 Å². The summed E-state index contributed by atoms with van der Waals surface area (Å²) >= 11 is 0. The van der Waals surface area contributed by atoms with E-state index in [1.54, 1.807) is 0 Å². The highest BCUT2D eigenvalue weighted by Gasteiger charge is 2.38. The monoisotopic (exact) mass is 808 g/mol. The van der Waals surface area contributed by atoms with Crippen LogP contribution in [0.4, 0.5) is 9.59 Å². The highest BCUT2D eigenvalue weighted by Crippen LogP contribution is 2.39. The standard InChI is InChI=1S/C45H60N8O6/c1-10-27(7)39(52(11-2)42(54)37(25(3)4)50-44(56)58-8)41-47-24-35(49-41)31-17-19-33-29(22-31)15-14-28-21-30(16-18-32(28)33)34-23-46-40(48-34)36-13-12-20-53(36)43(55)38(26(5)6)51-45(57)59-9/h16-19,21-27,36-39H,10-15,20H2,1-9H3,(H,46,48)(H,47,49)(H,50,56)(H,51,57)/t27-,36-,37-,38-,39-/m0/s1. The first-order valence-electron chi connectivity index (χ1n) is 21.0. The van der Waals surface area contributed by atoms with E-state index in [4.69, 9.17) is 19.4 Å². The van der Waals surface area contributed by atoms with E-state index in [1.807, 2.05) is 56.8 Å². The number of hydrogen-bond acceptors (Lipinski definition) is 8. The molecule has 2 aromatic heterocycles. The van der Waals surface area contributed by atoms with E-state index in [0.29, 0.717) is 18.9 Å². The molecule has 1 fully saturated rings. The van der Waals surface area contributed by atoms with E-state index in [1.165, 1.54) is 36.5 Å². The van der Waals surface area contributed by atoms with Gasteiger partial charge in [0.05, 0.1) is 50.1 Å². The van der Waals surface area contributed by atoms with Crippen LogP contribution in [-0.4, -0.2) is 93.1 Å². The number of imidazole rings is 2. The predicted octanol–water partition coefficient (Wildman–Crippen LogP) is 7.59. The number of H-pyrrole nitrogens is 2. The van der Waals surface area contributed by atoms with Crippen molar-refractivity contribution in [2.75, 3.05) is 27.3 Å². The molecule has 14 heteroatoms. The minimum absolute atomic E-state index is 0.100. The molecule has 2 aliphatic rings. The molecule has 6 rings (SSSR count). The van der Waals surface area contributed by atoms with Gasteiger partial charge in [0, 0.05) is 13.1 Å². The Hall–Kier alpha value is -5.66. The Balaban J connectivity index is 1.20. The van der Waals surface area contributed by atoms with Crippen LogP contribution in [0.15, 0.2) is 48.8 Å². The Morgan fingerprint density at radius 3 is 1.92 bits per heavy atom. The van der Waals surface area contributed by atoms with E-state index in [0.717, 1.165) is 60.4 Å². The molecule has 4 aromatic rings. The molecule has 3 heterocycles. The van der Waals surface area contributed by atoms with Crippen molar-refractivity contribution in [3.8, 4) is 33.6 Å². The molecule has 1 aliphatic heterocycles. The topological polar surface area (TPSA) is 175 Å². The first-order valence-corrected chi connectivity index (χ1v) is 21.0. The molecule has 2 aromatic carbocycles.